The normalized spacial score (nSPS) is 18.3. The molecule has 1 aromatic heterocycles. The molecule has 1 aliphatic rings. The molecule has 0 spiro atoms. The van der Waals surface area contributed by atoms with Crippen molar-refractivity contribution < 1.29 is 9.53 Å². The number of aromatic nitrogens is 3. The summed E-state index contributed by atoms with van der Waals surface area (Å²) in [5.41, 5.74) is -0.683. The fourth-order valence-corrected chi connectivity index (χ4v) is 2.50. The average Bonchev–Trinajstić information content (AvgIpc) is 3.08. The molecule has 0 aliphatic heterocycles. The third-order valence-corrected chi connectivity index (χ3v) is 3.34. The molecule has 1 heterocycles. The van der Waals surface area contributed by atoms with Gasteiger partial charge in [-0.2, -0.15) is 5.10 Å². The Kier molecular flexibility index (Phi) is 4.19. The number of hydrogen-bond donors (Lipinski definition) is 1. The van der Waals surface area contributed by atoms with E-state index in [0.717, 1.165) is 12.8 Å². The van der Waals surface area contributed by atoms with Crippen LogP contribution in [-0.2, 0) is 16.1 Å². The van der Waals surface area contributed by atoms with Crippen molar-refractivity contribution in [2.75, 3.05) is 6.61 Å². The van der Waals surface area contributed by atoms with Crippen molar-refractivity contribution in [2.24, 2.45) is 5.92 Å². The highest BCUT2D eigenvalue weighted by Crippen LogP contribution is 2.41. The van der Waals surface area contributed by atoms with Gasteiger partial charge in [0, 0.05) is 6.04 Å². The standard InChI is InChI=1S/C13H22N4O2/c1-4-19-12(18)13(11-5-6-11,16-10(2)3)7-17-9-14-8-15-17/h8-11,16H,4-7H2,1-3H3. The van der Waals surface area contributed by atoms with Crippen LogP contribution in [0.25, 0.3) is 0 Å². The number of nitrogens with one attached hydrogen (secondary N) is 1. The lowest BCUT2D eigenvalue weighted by molar-refractivity contribution is -0.153. The van der Waals surface area contributed by atoms with Gasteiger partial charge < -0.3 is 4.74 Å². The maximum absolute atomic E-state index is 12.5. The SMILES string of the molecule is CCOC(=O)C(Cn1cncn1)(NC(C)C)C1CC1. The summed E-state index contributed by atoms with van der Waals surface area (Å²) in [4.78, 5) is 16.4. The van der Waals surface area contributed by atoms with Crippen LogP contribution in [0.3, 0.4) is 0 Å². The summed E-state index contributed by atoms with van der Waals surface area (Å²) in [6, 6.07) is 0.202. The van der Waals surface area contributed by atoms with Crippen molar-refractivity contribution in [1.29, 1.82) is 0 Å². The number of carbonyl (C=O) groups excluding carboxylic acids is 1. The van der Waals surface area contributed by atoms with E-state index in [4.69, 9.17) is 4.74 Å². The van der Waals surface area contributed by atoms with E-state index in [1.54, 1.807) is 11.0 Å². The minimum Gasteiger partial charge on any atom is -0.465 e. The Bertz CT molecular complexity index is 414. The number of ether oxygens (including phenoxy) is 1. The summed E-state index contributed by atoms with van der Waals surface area (Å²) in [5, 5.41) is 7.53. The van der Waals surface area contributed by atoms with Crippen molar-refractivity contribution in [3.63, 3.8) is 0 Å². The molecule has 1 atom stereocenters. The van der Waals surface area contributed by atoms with Gasteiger partial charge >= 0.3 is 5.97 Å². The Morgan fingerprint density at radius 3 is 2.79 bits per heavy atom. The van der Waals surface area contributed by atoms with Gasteiger partial charge in [-0.1, -0.05) is 0 Å². The maximum atomic E-state index is 12.5. The average molecular weight is 266 g/mol. The summed E-state index contributed by atoms with van der Waals surface area (Å²) < 4.78 is 6.99. The zero-order chi connectivity index (χ0) is 13.9. The number of rotatable bonds is 7. The van der Waals surface area contributed by atoms with Crippen LogP contribution >= 0.6 is 0 Å². The lowest BCUT2D eigenvalue weighted by Crippen LogP contribution is -2.60. The molecule has 1 fully saturated rings. The Morgan fingerprint density at radius 2 is 2.32 bits per heavy atom. The molecule has 1 aromatic rings. The zero-order valence-electron chi connectivity index (χ0n) is 11.8. The molecule has 19 heavy (non-hydrogen) atoms. The summed E-state index contributed by atoms with van der Waals surface area (Å²) in [7, 11) is 0. The van der Waals surface area contributed by atoms with Crippen LogP contribution in [0, 0.1) is 5.92 Å². The Hall–Kier alpha value is -1.43. The van der Waals surface area contributed by atoms with Crippen LogP contribution < -0.4 is 5.32 Å². The smallest absolute Gasteiger partial charge is 0.328 e. The summed E-state index contributed by atoms with van der Waals surface area (Å²) in [6.07, 6.45) is 5.22. The second-order valence-electron chi connectivity index (χ2n) is 5.36. The van der Waals surface area contributed by atoms with Gasteiger partial charge in [0.05, 0.1) is 13.2 Å². The number of nitrogens with zero attached hydrogens (tertiary/aromatic N) is 3. The molecule has 0 bridgehead atoms. The van der Waals surface area contributed by atoms with Gasteiger partial charge in [0.1, 0.15) is 18.2 Å². The van der Waals surface area contributed by atoms with Gasteiger partial charge in [-0.15, -0.1) is 0 Å². The molecule has 6 nitrogen and oxygen atoms in total. The first kappa shape index (κ1) is 14.0. The number of carbonyl (C=O) groups is 1. The lowest BCUT2D eigenvalue weighted by atomic mass is 9.92. The molecule has 6 heteroatoms. The van der Waals surface area contributed by atoms with Gasteiger partial charge in [0.25, 0.3) is 0 Å². The van der Waals surface area contributed by atoms with Gasteiger partial charge in [-0.25, -0.2) is 9.78 Å². The Morgan fingerprint density at radius 1 is 1.58 bits per heavy atom. The maximum Gasteiger partial charge on any atom is 0.328 e. The predicted octanol–water partition coefficient (Wildman–Crippen LogP) is 0.988. The molecule has 106 valence electrons. The van der Waals surface area contributed by atoms with Gasteiger partial charge in [-0.05, 0) is 39.5 Å². The largest absolute Gasteiger partial charge is 0.465 e. The first-order chi connectivity index (χ1) is 9.08. The number of hydrogen-bond acceptors (Lipinski definition) is 5. The van der Waals surface area contributed by atoms with Crippen molar-refractivity contribution in [3.8, 4) is 0 Å². The third-order valence-electron chi connectivity index (χ3n) is 3.34. The fourth-order valence-electron chi connectivity index (χ4n) is 2.50. The molecule has 0 aromatic carbocycles. The van der Waals surface area contributed by atoms with Crippen molar-refractivity contribution in [1.82, 2.24) is 20.1 Å². The monoisotopic (exact) mass is 266 g/mol. The highest BCUT2D eigenvalue weighted by molar-refractivity contribution is 5.82. The van der Waals surface area contributed by atoms with Gasteiger partial charge in [0.2, 0.25) is 0 Å². The molecule has 1 aliphatic carbocycles. The molecule has 1 saturated carbocycles. The van der Waals surface area contributed by atoms with Crippen LogP contribution in [-0.4, -0.2) is 38.9 Å². The van der Waals surface area contributed by atoms with E-state index >= 15 is 0 Å². The molecule has 1 N–H and O–H groups in total. The quantitative estimate of drug-likeness (QED) is 0.745. The fraction of sp³-hybridized carbons (Fsp3) is 0.769. The Labute approximate surface area is 113 Å². The van der Waals surface area contributed by atoms with Crippen LogP contribution in [0.1, 0.15) is 33.6 Å². The van der Waals surface area contributed by atoms with Crippen LogP contribution in [0.2, 0.25) is 0 Å². The van der Waals surface area contributed by atoms with E-state index in [1.807, 2.05) is 20.8 Å². The summed E-state index contributed by atoms with van der Waals surface area (Å²) in [5.74, 6) is 0.139. The van der Waals surface area contributed by atoms with E-state index in [9.17, 15) is 4.79 Å². The zero-order valence-corrected chi connectivity index (χ0v) is 11.8. The molecule has 0 radical (unpaired) electrons. The predicted molar refractivity (Wildman–Crippen MR) is 70.4 cm³/mol. The first-order valence-corrected chi connectivity index (χ1v) is 6.86. The molecule has 0 saturated heterocycles. The third kappa shape index (κ3) is 3.12. The highest BCUT2D eigenvalue weighted by atomic mass is 16.5. The topological polar surface area (TPSA) is 69.0 Å². The van der Waals surface area contributed by atoms with Crippen molar-refractivity contribution in [3.05, 3.63) is 12.7 Å². The molecule has 2 rings (SSSR count). The highest BCUT2D eigenvalue weighted by Gasteiger charge is 2.52. The van der Waals surface area contributed by atoms with E-state index < -0.39 is 5.54 Å². The molecule has 1 unspecified atom stereocenters. The summed E-state index contributed by atoms with van der Waals surface area (Å²) in [6.45, 7) is 6.77. The van der Waals surface area contributed by atoms with Crippen molar-refractivity contribution in [2.45, 2.75) is 51.7 Å². The van der Waals surface area contributed by atoms with E-state index in [2.05, 4.69) is 15.4 Å². The second kappa shape index (κ2) is 5.69. The minimum atomic E-state index is -0.683. The molecule has 0 amide bonds. The van der Waals surface area contributed by atoms with Gasteiger partial charge in [-0.3, -0.25) is 10.00 Å². The summed E-state index contributed by atoms with van der Waals surface area (Å²) >= 11 is 0. The minimum absolute atomic E-state index is 0.179. The van der Waals surface area contributed by atoms with Crippen LogP contribution in [0.4, 0.5) is 0 Å². The number of esters is 1. The second-order valence-corrected chi connectivity index (χ2v) is 5.36. The first-order valence-electron chi connectivity index (χ1n) is 6.86. The van der Waals surface area contributed by atoms with Gasteiger partial charge in [0.15, 0.2) is 0 Å². The molecular formula is C13H22N4O2. The lowest BCUT2D eigenvalue weighted by Gasteiger charge is -2.34. The van der Waals surface area contributed by atoms with Crippen LogP contribution in [0.5, 0.6) is 0 Å². The van der Waals surface area contributed by atoms with E-state index in [-0.39, 0.29) is 12.0 Å². The van der Waals surface area contributed by atoms with Crippen molar-refractivity contribution >= 4 is 5.97 Å². The van der Waals surface area contributed by atoms with Crippen LogP contribution in [0.15, 0.2) is 12.7 Å². The Balaban J connectivity index is 2.25. The van der Waals surface area contributed by atoms with E-state index in [1.165, 1.54) is 6.33 Å². The van der Waals surface area contributed by atoms with E-state index in [0.29, 0.717) is 19.1 Å². The molecular weight excluding hydrogens is 244 g/mol.